The molecule has 0 aromatic heterocycles. The molecule has 1 heterocycles. The normalized spacial score (nSPS) is 13.8. The molecular weight excluding hydrogens is 312 g/mol. The van der Waals surface area contributed by atoms with Crippen LogP contribution in [-0.4, -0.2) is 37.4 Å². The summed E-state index contributed by atoms with van der Waals surface area (Å²) in [6.07, 6.45) is 3.06. The molecule has 0 bridgehead atoms. The van der Waals surface area contributed by atoms with E-state index < -0.39 is 0 Å². The number of carbonyl (C=O) groups excluding carboxylic acids is 1. The molecule has 3 rings (SSSR count). The Morgan fingerprint density at radius 2 is 1.88 bits per heavy atom. The van der Waals surface area contributed by atoms with Gasteiger partial charge in [0.15, 0.2) is 11.5 Å². The van der Waals surface area contributed by atoms with Gasteiger partial charge in [0, 0.05) is 18.2 Å². The molecule has 0 spiro atoms. The molecule has 0 radical (unpaired) electrons. The summed E-state index contributed by atoms with van der Waals surface area (Å²) in [5, 5.41) is 0. The van der Waals surface area contributed by atoms with Gasteiger partial charge < -0.3 is 14.5 Å². The topological polar surface area (TPSA) is 32.8 Å². The summed E-state index contributed by atoms with van der Waals surface area (Å²) in [5.41, 5.74) is 2.75. The number of benzene rings is 2. The van der Waals surface area contributed by atoms with Gasteiger partial charge >= 0.3 is 0 Å². The second-order valence-electron chi connectivity index (χ2n) is 6.49. The number of ether oxygens (including phenoxy) is 1. The Hall–Kier alpha value is -2.33. The molecule has 0 amide bonds. The number of anilines is 2. The number of rotatable bonds is 7. The maximum atomic E-state index is 11.1. The Morgan fingerprint density at radius 3 is 2.60 bits per heavy atom. The Kier molecular flexibility index (Phi) is 5.39. The lowest BCUT2D eigenvalue weighted by Gasteiger charge is -2.35. The lowest BCUT2D eigenvalue weighted by Crippen LogP contribution is -2.34. The highest BCUT2D eigenvalue weighted by Gasteiger charge is 2.25. The van der Waals surface area contributed by atoms with Crippen LogP contribution in [0.25, 0.3) is 0 Å². The van der Waals surface area contributed by atoms with Crippen molar-refractivity contribution in [2.45, 2.75) is 32.7 Å². The highest BCUT2D eigenvalue weighted by atomic mass is 16.5. The first-order valence-corrected chi connectivity index (χ1v) is 9.01. The van der Waals surface area contributed by atoms with E-state index in [-0.39, 0.29) is 0 Å². The maximum Gasteiger partial charge on any atom is 0.151 e. The predicted octanol–water partition coefficient (Wildman–Crippen LogP) is 4.86. The molecule has 0 aliphatic carbocycles. The van der Waals surface area contributed by atoms with Crippen LogP contribution in [0.5, 0.6) is 11.5 Å². The van der Waals surface area contributed by atoms with Crippen molar-refractivity contribution in [2.75, 3.05) is 25.0 Å². The Balaban J connectivity index is 1.91. The third kappa shape index (κ3) is 3.54. The highest BCUT2D eigenvalue weighted by Crippen LogP contribution is 2.46. The van der Waals surface area contributed by atoms with Crippen LogP contribution in [0.15, 0.2) is 42.5 Å². The van der Waals surface area contributed by atoms with E-state index in [9.17, 15) is 4.79 Å². The number of hydrogen-bond acceptors (Lipinski definition) is 4. The quantitative estimate of drug-likeness (QED) is 0.675. The van der Waals surface area contributed by atoms with Gasteiger partial charge in [-0.2, -0.15) is 0 Å². The summed E-state index contributed by atoms with van der Waals surface area (Å²) < 4.78 is 6.04. The molecule has 0 N–H and O–H groups in total. The third-order valence-corrected chi connectivity index (χ3v) is 5.07. The van der Waals surface area contributed by atoms with E-state index >= 15 is 0 Å². The molecule has 1 aliphatic rings. The van der Waals surface area contributed by atoms with E-state index in [0.29, 0.717) is 11.6 Å². The molecule has 0 fully saturated rings. The van der Waals surface area contributed by atoms with Gasteiger partial charge in [-0.15, -0.1) is 0 Å². The second kappa shape index (κ2) is 7.70. The zero-order chi connectivity index (χ0) is 17.8. The average Bonchev–Trinajstić information content (AvgIpc) is 2.66. The number of nitrogens with zero attached hydrogens (tertiary/aromatic N) is 2. The Bertz CT molecular complexity index is 744. The number of fused-ring (bicyclic) bond motifs is 2. The van der Waals surface area contributed by atoms with Crippen LogP contribution < -0.4 is 9.64 Å². The SMILES string of the molecule is CCC(CCN1c2ccccc2Oc2cc(C=O)ccc21)N(C)CC. The first-order valence-electron chi connectivity index (χ1n) is 9.01. The maximum absolute atomic E-state index is 11.1. The van der Waals surface area contributed by atoms with E-state index in [1.54, 1.807) is 0 Å². The molecule has 4 heteroatoms. The second-order valence-corrected chi connectivity index (χ2v) is 6.49. The fraction of sp³-hybridized carbons (Fsp3) is 0.381. The molecule has 1 atom stereocenters. The van der Waals surface area contributed by atoms with Gasteiger partial charge in [-0.05, 0) is 56.8 Å². The van der Waals surface area contributed by atoms with Crippen molar-refractivity contribution in [1.29, 1.82) is 0 Å². The van der Waals surface area contributed by atoms with Crippen molar-refractivity contribution in [3.05, 3.63) is 48.0 Å². The summed E-state index contributed by atoms with van der Waals surface area (Å²) >= 11 is 0. The molecule has 2 aromatic carbocycles. The zero-order valence-electron chi connectivity index (χ0n) is 15.2. The molecule has 4 nitrogen and oxygen atoms in total. The van der Waals surface area contributed by atoms with Crippen molar-refractivity contribution in [2.24, 2.45) is 0 Å². The van der Waals surface area contributed by atoms with Gasteiger partial charge in [0.2, 0.25) is 0 Å². The molecule has 1 unspecified atom stereocenters. The lowest BCUT2D eigenvalue weighted by molar-refractivity contribution is 0.112. The third-order valence-electron chi connectivity index (χ3n) is 5.07. The fourth-order valence-electron chi connectivity index (χ4n) is 3.44. The van der Waals surface area contributed by atoms with E-state index in [0.717, 1.165) is 55.1 Å². The van der Waals surface area contributed by atoms with E-state index in [2.05, 4.69) is 36.8 Å². The first-order chi connectivity index (χ1) is 12.2. The van der Waals surface area contributed by atoms with Crippen LogP contribution in [-0.2, 0) is 0 Å². The molecule has 0 saturated carbocycles. The largest absolute Gasteiger partial charge is 0.453 e. The van der Waals surface area contributed by atoms with Crippen LogP contribution in [0.1, 0.15) is 37.0 Å². The summed E-state index contributed by atoms with van der Waals surface area (Å²) in [5.74, 6) is 1.59. The number of hydrogen-bond donors (Lipinski definition) is 0. The molecule has 2 aromatic rings. The molecular formula is C21H26N2O2. The average molecular weight is 338 g/mol. The molecule has 25 heavy (non-hydrogen) atoms. The van der Waals surface area contributed by atoms with Gasteiger partial charge in [0.05, 0.1) is 11.4 Å². The van der Waals surface area contributed by atoms with Gasteiger partial charge in [0.1, 0.15) is 6.29 Å². The standard InChI is InChI=1S/C21H26N2O2/c1-4-17(22(3)5-2)12-13-23-18-8-6-7-9-20(18)25-21-14-16(15-24)10-11-19(21)23/h6-11,14-15,17H,4-5,12-13H2,1-3H3. The number of para-hydroxylation sites is 2. The summed E-state index contributed by atoms with van der Waals surface area (Å²) in [7, 11) is 2.19. The van der Waals surface area contributed by atoms with Crippen LogP contribution in [0.4, 0.5) is 11.4 Å². The van der Waals surface area contributed by atoms with Crippen molar-refractivity contribution < 1.29 is 9.53 Å². The van der Waals surface area contributed by atoms with E-state index in [1.807, 2.05) is 36.4 Å². The van der Waals surface area contributed by atoms with Crippen molar-refractivity contribution in [3.63, 3.8) is 0 Å². The smallest absolute Gasteiger partial charge is 0.151 e. The zero-order valence-corrected chi connectivity index (χ0v) is 15.2. The number of carbonyl (C=O) groups is 1. The Labute approximate surface area is 150 Å². The van der Waals surface area contributed by atoms with Crippen LogP contribution in [0.2, 0.25) is 0 Å². The van der Waals surface area contributed by atoms with Crippen LogP contribution >= 0.6 is 0 Å². The van der Waals surface area contributed by atoms with Gasteiger partial charge in [-0.1, -0.05) is 26.0 Å². The highest BCUT2D eigenvalue weighted by molar-refractivity contribution is 5.83. The van der Waals surface area contributed by atoms with Gasteiger partial charge in [0.25, 0.3) is 0 Å². The minimum absolute atomic E-state index is 0.553. The van der Waals surface area contributed by atoms with Gasteiger partial charge in [-0.3, -0.25) is 4.79 Å². The van der Waals surface area contributed by atoms with Crippen molar-refractivity contribution in [3.8, 4) is 11.5 Å². The molecule has 0 saturated heterocycles. The lowest BCUT2D eigenvalue weighted by atomic mass is 10.1. The molecule has 1 aliphatic heterocycles. The van der Waals surface area contributed by atoms with Crippen LogP contribution in [0.3, 0.4) is 0 Å². The minimum atomic E-state index is 0.553. The fourth-order valence-corrected chi connectivity index (χ4v) is 3.44. The molecule has 132 valence electrons. The van der Waals surface area contributed by atoms with Crippen LogP contribution in [0, 0.1) is 0 Å². The van der Waals surface area contributed by atoms with Gasteiger partial charge in [-0.25, -0.2) is 0 Å². The predicted molar refractivity (Wildman–Crippen MR) is 102 cm³/mol. The summed E-state index contributed by atoms with van der Waals surface area (Å²) in [4.78, 5) is 15.8. The summed E-state index contributed by atoms with van der Waals surface area (Å²) in [6.45, 7) is 6.41. The van der Waals surface area contributed by atoms with Crippen molar-refractivity contribution >= 4 is 17.7 Å². The summed E-state index contributed by atoms with van der Waals surface area (Å²) in [6, 6.07) is 14.3. The van der Waals surface area contributed by atoms with E-state index in [4.69, 9.17) is 4.74 Å². The Morgan fingerprint density at radius 1 is 1.12 bits per heavy atom. The first kappa shape index (κ1) is 17.5. The monoisotopic (exact) mass is 338 g/mol. The van der Waals surface area contributed by atoms with Crippen molar-refractivity contribution in [1.82, 2.24) is 4.90 Å². The minimum Gasteiger partial charge on any atom is -0.453 e. The van der Waals surface area contributed by atoms with E-state index in [1.165, 1.54) is 0 Å². The number of aldehydes is 1.